The van der Waals surface area contributed by atoms with E-state index in [1.807, 2.05) is 0 Å². The molecule has 0 saturated carbocycles. The summed E-state index contributed by atoms with van der Waals surface area (Å²) in [6.07, 6.45) is 1.42. The van der Waals surface area contributed by atoms with Gasteiger partial charge in [0.05, 0.1) is 5.71 Å². The molecule has 0 unspecified atom stereocenters. The van der Waals surface area contributed by atoms with Gasteiger partial charge in [-0.15, -0.1) is 4.78 Å². The van der Waals surface area contributed by atoms with Crippen LogP contribution in [0.4, 0.5) is 4.79 Å². The molecular formula is C10H16N3O5P. The molecule has 8 nitrogen and oxygen atoms in total. The summed E-state index contributed by atoms with van der Waals surface area (Å²) in [6, 6.07) is -0.872. The average molecular weight is 289 g/mol. The van der Waals surface area contributed by atoms with Gasteiger partial charge < -0.3 is 19.5 Å². The molecule has 0 spiro atoms. The van der Waals surface area contributed by atoms with Crippen LogP contribution in [0.2, 0.25) is 0 Å². The Kier molecular flexibility index (Phi) is 4.88. The minimum absolute atomic E-state index is 0.0274. The fourth-order valence-electron chi connectivity index (χ4n) is 1.60. The van der Waals surface area contributed by atoms with E-state index >= 15 is 0 Å². The van der Waals surface area contributed by atoms with Crippen LogP contribution >= 0.6 is 7.49 Å². The third-order valence-electron chi connectivity index (χ3n) is 2.34. The second-order valence-corrected chi connectivity index (χ2v) is 6.03. The summed E-state index contributed by atoms with van der Waals surface area (Å²) >= 11 is 0. The van der Waals surface area contributed by atoms with E-state index in [9.17, 15) is 9.59 Å². The molecule has 9 heteroatoms. The molecule has 0 radical (unpaired) electrons. The smallest absolute Gasteiger partial charge is 0.346 e. The molecule has 0 aromatic heterocycles. The van der Waals surface area contributed by atoms with Gasteiger partial charge in [0.15, 0.2) is 5.29 Å². The van der Waals surface area contributed by atoms with Gasteiger partial charge in [-0.3, -0.25) is 0 Å². The topological polar surface area (TPSA) is 103 Å². The van der Waals surface area contributed by atoms with Gasteiger partial charge in [-0.1, -0.05) is 12.7 Å². The van der Waals surface area contributed by atoms with E-state index in [4.69, 9.17) is 19.5 Å². The summed E-state index contributed by atoms with van der Waals surface area (Å²) in [4.78, 5) is 23.4. The van der Waals surface area contributed by atoms with Crippen molar-refractivity contribution in [3.05, 3.63) is 12.7 Å². The molecule has 1 heterocycles. The highest BCUT2D eigenvalue weighted by Crippen LogP contribution is 2.57. The van der Waals surface area contributed by atoms with Crippen molar-refractivity contribution in [3.8, 4) is 0 Å². The predicted octanol–water partition coefficient (Wildman–Crippen LogP) is 0.714. The third kappa shape index (κ3) is 2.56. The number of carbonyl (C=O) groups excluding carboxylic acids is 2. The number of hydrogen-bond donors (Lipinski definition) is 1. The van der Waals surface area contributed by atoms with Crippen molar-refractivity contribution in [3.63, 3.8) is 0 Å². The number of amides is 2. The Labute approximate surface area is 111 Å². The highest BCUT2D eigenvalue weighted by Gasteiger charge is 2.44. The van der Waals surface area contributed by atoms with Gasteiger partial charge in [0, 0.05) is 14.2 Å². The van der Waals surface area contributed by atoms with Crippen molar-refractivity contribution in [2.75, 3.05) is 20.8 Å². The fraction of sp³-hybridized carbons (Fsp3) is 0.400. The second-order valence-electron chi connectivity index (χ2n) is 3.43. The Morgan fingerprint density at radius 3 is 2.47 bits per heavy atom. The molecule has 1 aliphatic rings. The summed E-state index contributed by atoms with van der Waals surface area (Å²) in [5, 5.41) is 3.97. The van der Waals surface area contributed by atoms with Crippen LogP contribution < -0.4 is 5.73 Å². The molecule has 2 amide bonds. The van der Waals surface area contributed by atoms with Crippen molar-refractivity contribution in [2.45, 2.75) is 6.92 Å². The van der Waals surface area contributed by atoms with E-state index in [1.165, 1.54) is 20.3 Å². The Morgan fingerprint density at radius 1 is 1.47 bits per heavy atom. The number of ether oxygens (including phenoxy) is 1. The maximum atomic E-state index is 12.0. The zero-order chi connectivity index (χ0) is 14.6. The molecule has 2 N–H and O–H groups in total. The summed E-state index contributed by atoms with van der Waals surface area (Å²) in [7, 11) is -0.559. The van der Waals surface area contributed by atoms with Crippen molar-refractivity contribution < 1.29 is 23.4 Å². The minimum atomic E-state index is -3.17. The first kappa shape index (κ1) is 15.4. The first-order valence-corrected chi connectivity index (χ1v) is 6.84. The maximum Gasteiger partial charge on any atom is 0.346 e. The Bertz CT molecular complexity index is 491. The molecule has 0 saturated heterocycles. The lowest BCUT2D eigenvalue weighted by molar-refractivity contribution is -0.133. The highest BCUT2D eigenvalue weighted by molar-refractivity contribution is 7.70. The number of nitrogens with two attached hydrogens (primary N) is 1. The monoisotopic (exact) mass is 289 g/mol. The Hall–Kier alpha value is -1.63. The van der Waals surface area contributed by atoms with Crippen molar-refractivity contribution >= 4 is 30.5 Å². The molecule has 0 aromatic carbocycles. The van der Waals surface area contributed by atoms with E-state index in [1.54, 1.807) is 6.92 Å². The Balaban J connectivity index is 3.37. The SMILES string of the molecule is C=CCOC(=O)C1=P(OC)(OC)N(C(N)=O)N=C1C. The van der Waals surface area contributed by atoms with Gasteiger partial charge in [0.2, 0.25) is 0 Å². The Morgan fingerprint density at radius 2 is 2.05 bits per heavy atom. The van der Waals surface area contributed by atoms with Gasteiger partial charge in [0.25, 0.3) is 7.49 Å². The number of esters is 1. The van der Waals surface area contributed by atoms with Gasteiger partial charge in [-0.25, -0.2) is 9.59 Å². The van der Waals surface area contributed by atoms with E-state index in [2.05, 4.69) is 11.7 Å². The van der Waals surface area contributed by atoms with Gasteiger partial charge in [0.1, 0.15) is 6.61 Å². The van der Waals surface area contributed by atoms with Crippen LogP contribution in [-0.2, 0) is 18.6 Å². The molecule has 1 aliphatic heterocycles. The van der Waals surface area contributed by atoms with Crippen LogP contribution in [0.1, 0.15) is 6.92 Å². The number of primary amides is 1. The zero-order valence-electron chi connectivity index (χ0n) is 11.0. The van der Waals surface area contributed by atoms with Crippen molar-refractivity contribution in [2.24, 2.45) is 10.8 Å². The first-order valence-electron chi connectivity index (χ1n) is 5.26. The fourth-order valence-corrected chi connectivity index (χ4v) is 3.88. The van der Waals surface area contributed by atoms with Crippen LogP contribution in [0.15, 0.2) is 17.8 Å². The van der Waals surface area contributed by atoms with E-state index in [-0.39, 0.29) is 17.6 Å². The molecule has 0 atom stereocenters. The van der Waals surface area contributed by atoms with E-state index in [0.717, 1.165) is 4.78 Å². The molecule has 19 heavy (non-hydrogen) atoms. The highest BCUT2D eigenvalue weighted by atomic mass is 31.2. The standard InChI is InChI=1S/C10H16N3O5P/c1-5-6-18-9(14)8-7(2)12-13(10(11)15)19(8,16-3)17-4/h5H,1,6H2,2-4H3,(H2,11,15). The zero-order valence-corrected chi connectivity index (χ0v) is 11.8. The number of carbonyl (C=O) groups is 2. The molecule has 1 rings (SSSR count). The second kappa shape index (κ2) is 6.01. The number of hydrazone groups is 1. The van der Waals surface area contributed by atoms with Crippen LogP contribution in [0.5, 0.6) is 0 Å². The normalized spacial score (nSPS) is 17.1. The number of nitrogens with zero attached hydrogens (tertiary/aromatic N) is 2. The molecule has 0 fully saturated rings. The largest absolute Gasteiger partial charge is 0.458 e. The summed E-state index contributed by atoms with van der Waals surface area (Å²) in [5.74, 6) is -0.679. The van der Waals surface area contributed by atoms with Crippen molar-refractivity contribution in [1.82, 2.24) is 4.78 Å². The van der Waals surface area contributed by atoms with Crippen LogP contribution in [0.3, 0.4) is 0 Å². The number of rotatable bonds is 5. The lowest BCUT2D eigenvalue weighted by atomic mass is 10.3. The lowest BCUT2D eigenvalue weighted by Gasteiger charge is -2.26. The summed E-state index contributed by atoms with van der Waals surface area (Å²) in [6.45, 7) is 5.01. The van der Waals surface area contributed by atoms with E-state index in [0.29, 0.717) is 0 Å². The summed E-state index contributed by atoms with van der Waals surface area (Å²) < 4.78 is 16.3. The quantitative estimate of drug-likeness (QED) is 0.456. The van der Waals surface area contributed by atoms with Crippen molar-refractivity contribution in [1.29, 1.82) is 0 Å². The van der Waals surface area contributed by atoms with Gasteiger partial charge in [-0.05, 0) is 6.92 Å². The molecule has 0 aliphatic carbocycles. The van der Waals surface area contributed by atoms with Crippen LogP contribution in [0, 0.1) is 0 Å². The molecule has 0 bridgehead atoms. The van der Waals surface area contributed by atoms with Gasteiger partial charge in [-0.2, -0.15) is 5.10 Å². The van der Waals surface area contributed by atoms with Crippen LogP contribution in [0.25, 0.3) is 0 Å². The third-order valence-corrected chi connectivity index (χ3v) is 5.18. The first-order chi connectivity index (χ1) is 8.94. The summed E-state index contributed by atoms with van der Waals surface area (Å²) in [5.41, 5.74) is 5.48. The molecule has 0 aromatic rings. The predicted molar refractivity (Wildman–Crippen MR) is 71.6 cm³/mol. The number of hydrogen-bond acceptors (Lipinski definition) is 6. The number of urea groups is 1. The lowest BCUT2D eigenvalue weighted by Crippen LogP contribution is -2.30. The van der Waals surface area contributed by atoms with E-state index < -0.39 is 19.5 Å². The van der Waals surface area contributed by atoms with Crippen LogP contribution in [-0.4, -0.2) is 48.6 Å². The molecular weight excluding hydrogens is 273 g/mol. The molecule has 106 valence electrons. The maximum absolute atomic E-state index is 12.0. The van der Waals surface area contributed by atoms with Gasteiger partial charge >= 0.3 is 12.0 Å². The minimum Gasteiger partial charge on any atom is -0.458 e. The average Bonchev–Trinajstić information content (AvgIpc) is 2.69.